The average Bonchev–Trinajstić information content (AvgIpc) is 3.11. The Morgan fingerprint density at radius 1 is 1.11 bits per heavy atom. The van der Waals surface area contributed by atoms with Crippen molar-refractivity contribution >= 4 is 37.5 Å². The number of anilines is 1. The first-order chi connectivity index (χ1) is 12.7. The van der Waals surface area contributed by atoms with Gasteiger partial charge in [0.2, 0.25) is 15.9 Å². The Morgan fingerprint density at radius 2 is 1.74 bits per heavy atom. The fourth-order valence-electron chi connectivity index (χ4n) is 3.23. The SMILES string of the molecule is Cc1ccc(S(=O)(=O)N2CCC[C@H]2C(=O)Nc2cc(C)c(C)cc2Br)cc1. The lowest BCUT2D eigenvalue weighted by atomic mass is 10.1. The van der Waals surface area contributed by atoms with E-state index < -0.39 is 16.1 Å². The van der Waals surface area contributed by atoms with Crippen LogP contribution >= 0.6 is 15.9 Å². The maximum absolute atomic E-state index is 13.0. The maximum Gasteiger partial charge on any atom is 0.243 e. The van der Waals surface area contributed by atoms with Crippen molar-refractivity contribution in [3.05, 3.63) is 57.6 Å². The van der Waals surface area contributed by atoms with Gasteiger partial charge in [0.25, 0.3) is 0 Å². The van der Waals surface area contributed by atoms with Crippen LogP contribution in [-0.4, -0.2) is 31.2 Å². The van der Waals surface area contributed by atoms with Gasteiger partial charge in [0.15, 0.2) is 0 Å². The molecule has 1 fully saturated rings. The van der Waals surface area contributed by atoms with Gasteiger partial charge in [-0.1, -0.05) is 17.7 Å². The maximum atomic E-state index is 13.0. The molecule has 0 aromatic heterocycles. The van der Waals surface area contributed by atoms with E-state index in [0.717, 1.165) is 21.2 Å². The largest absolute Gasteiger partial charge is 0.324 e. The lowest BCUT2D eigenvalue weighted by molar-refractivity contribution is -0.119. The van der Waals surface area contributed by atoms with Crippen LogP contribution < -0.4 is 5.32 Å². The zero-order chi connectivity index (χ0) is 19.8. The quantitative estimate of drug-likeness (QED) is 0.759. The number of hydrogen-bond donors (Lipinski definition) is 1. The summed E-state index contributed by atoms with van der Waals surface area (Å²) in [6.07, 6.45) is 1.18. The Bertz CT molecular complexity index is 971. The highest BCUT2D eigenvalue weighted by molar-refractivity contribution is 9.10. The molecule has 27 heavy (non-hydrogen) atoms. The minimum absolute atomic E-state index is 0.222. The number of hydrogen-bond acceptors (Lipinski definition) is 3. The number of aryl methyl sites for hydroxylation is 3. The van der Waals surface area contributed by atoms with E-state index in [1.807, 2.05) is 32.9 Å². The Balaban J connectivity index is 1.84. The van der Waals surface area contributed by atoms with Crippen molar-refractivity contribution in [2.75, 3.05) is 11.9 Å². The number of nitrogens with one attached hydrogen (secondary N) is 1. The normalized spacial score (nSPS) is 17.9. The van der Waals surface area contributed by atoms with Crippen LogP contribution in [0.1, 0.15) is 29.5 Å². The number of halogens is 1. The second kappa shape index (κ2) is 7.73. The highest BCUT2D eigenvalue weighted by Crippen LogP contribution is 2.30. The number of carbonyl (C=O) groups excluding carboxylic acids is 1. The van der Waals surface area contributed by atoms with E-state index in [1.54, 1.807) is 24.3 Å². The third-order valence-corrected chi connectivity index (χ3v) is 7.55. The fourth-order valence-corrected chi connectivity index (χ4v) is 5.44. The predicted octanol–water partition coefficient (Wildman–Crippen LogP) is 4.17. The molecule has 1 atom stereocenters. The molecule has 1 N–H and O–H groups in total. The van der Waals surface area contributed by atoms with Gasteiger partial charge in [-0.2, -0.15) is 4.31 Å². The van der Waals surface area contributed by atoms with E-state index in [2.05, 4.69) is 21.2 Å². The Hall–Kier alpha value is -1.70. The number of carbonyl (C=O) groups is 1. The third-order valence-electron chi connectivity index (χ3n) is 4.98. The number of sulfonamides is 1. The molecule has 2 aromatic rings. The number of nitrogens with zero attached hydrogens (tertiary/aromatic N) is 1. The molecule has 5 nitrogen and oxygen atoms in total. The van der Waals surface area contributed by atoms with E-state index in [9.17, 15) is 13.2 Å². The molecular weight excluding hydrogens is 428 g/mol. The average molecular weight is 451 g/mol. The van der Waals surface area contributed by atoms with Gasteiger partial charge in [-0.25, -0.2) is 8.42 Å². The summed E-state index contributed by atoms with van der Waals surface area (Å²) in [6.45, 7) is 6.23. The van der Waals surface area contributed by atoms with Crippen LogP contribution in [0.5, 0.6) is 0 Å². The summed E-state index contributed by atoms with van der Waals surface area (Å²) in [7, 11) is -3.71. The second-order valence-electron chi connectivity index (χ2n) is 6.99. The van der Waals surface area contributed by atoms with E-state index in [4.69, 9.17) is 0 Å². The van der Waals surface area contributed by atoms with Gasteiger partial charge in [0.1, 0.15) is 6.04 Å². The zero-order valence-corrected chi connectivity index (χ0v) is 18.0. The van der Waals surface area contributed by atoms with E-state index in [0.29, 0.717) is 25.1 Å². The number of amides is 1. The Labute approximate surface area is 169 Å². The predicted molar refractivity (Wildman–Crippen MR) is 110 cm³/mol. The molecular formula is C20H23BrN2O3S. The zero-order valence-electron chi connectivity index (χ0n) is 15.6. The van der Waals surface area contributed by atoms with E-state index in [-0.39, 0.29) is 10.8 Å². The Morgan fingerprint density at radius 3 is 2.41 bits per heavy atom. The van der Waals surface area contributed by atoms with Crippen molar-refractivity contribution in [3.8, 4) is 0 Å². The van der Waals surface area contributed by atoms with Gasteiger partial charge in [-0.3, -0.25) is 4.79 Å². The van der Waals surface area contributed by atoms with Gasteiger partial charge in [0, 0.05) is 11.0 Å². The number of rotatable bonds is 4. The molecule has 0 radical (unpaired) electrons. The monoisotopic (exact) mass is 450 g/mol. The molecule has 0 aliphatic carbocycles. The summed E-state index contributed by atoms with van der Waals surface area (Å²) >= 11 is 3.47. The molecule has 1 amide bonds. The van der Waals surface area contributed by atoms with Crippen molar-refractivity contribution in [2.24, 2.45) is 0 Å². The molecule has 1 heterocycles. The first kappa shape index (κ1) is 20.0. The summed E-state index contributed by atoms with van der Waals surface area (Å²) in [4.78, 5) is 13.1. The topological polar surface area (TPSA) is 66.5 Å². The number of benzene rings is 2. The van der Waals surface area contributed by atoms with Gasteiger partial charge in [-0.05, 0) is 84.9 Å². The Kier molecular flexibility index (Phi) is 5.74. The summed E-state index contributed by atoms with van der Waals surface area (Å²) < 4.78 is 28.1. The highest BCUT2D eigenvalue weighted by Gasteiger charge is 2.39. The molecule has 3 rings (SSSR count). The lowest BCUT2D eigenvalue weighted by Gasteiger charge is -2.24. The van der Waals surface area contributed by atoms with Crippen LogP contribution in [0.15, 0.2) is 45.8 Å². The second-order valence-corrected chi connectivity index (χ2v) is 9.74. The lowest BCUT2D eigenvalue weighted by Crippen LogP contribution is -2.43. The van der Waals surface area contributed by atoms with Crippen molar-refractivity contribution in [1.29, 1.82) is 0 Å². The summed E-state index contributed by atoms with van der Waals surface area (Å²) in [5.74, 6) is -0.299. The molecule has 2 aromatic carbocycles. The standard InChI is InChI=1S/C20H23BrN2O3S/c1-13-6-8-16(9-7-13)27(25,26)23-10-4-5-19(23)20(24)22-18-12-15(3)14(2)11-17(18)21/h6-9,11-12,19H,4-5,10H2,1-3H3,(H,22,24)/t19-/m0/s1. The van der Waals surface area contributed by atoms with Crippen LogP contribution in [0, 0.1) is 20.8 Å². The van der Waals surface area contributed by atoms with Crippen molar-refractivity contribution in [3.63, 3.8) is 0 Å². The molecule has 0 bridgehead atoms. The van der Waals surface area contributed by atoms with Crippen LogP contribution in [0.25, 0.3) is 0 Å². The van der Waals surface area contributed by atoms with Gasteiger partial charge in [-0.15, -0.1) is 0 Å². The minimum Gasteiger partial charge on any atom is -0.324 e. The van der Waals surface area contributed by atoms with E-state index in [1.165, 1.54) is 4.31 Å². The first-order valence-corrected chi connectivity index (χ1v) is 11.1. The summed E-state index contributed by atoms with van der Waals surface area (Å²) in [6, 6.07) is 9.86. The molecule has 1 aliphatic rings. The molecule has 1 aliphatic heterocycles. The van der Waals surface area contributed by atoms with Crippen molar-refractivity contribution < 1.29 is 13.2 Å². The molecule has 0 unspecified atom stereocenters. The molecule has 144 valence electrons. The first-order valence-electron chi connectivity index (χ1n) is 8.86. The van der Waals surface area contributed by atoms with Crippen LogP contribution in [-0.2, 0) is 14.8 Å². The van der Waals surface area contributed by atoms with Gasteiger partial charge >= 0.3 is 0 Å². The van der Waals surface area contributed by atoms with Crippen LogP contribution in [0.3, 0.4) is 0 Å². The molecule has 1 saturated heterocycles. The van der Waals surface area contributed by atoms with Crippen LogP contribution in [0.4, 0.5) is 5.69 Å². The molecule has 0 spiro atoms. The smallest absolute Gasteiger partial charge is 0.243 e. The molecule has 0 saturated carbocycles. The van der Waals surface area contributed by atoms with Gasteiger partial charge in [0.05, 0.1) is 10.6 Å². The fraction of sp³-hybridized carbons (Fsp3) is 0.350. The summed E-state index contributed by atoms with van der Waals surface area (Å²) in [5, 5.41) is 2.89. The molecule has 7 heteroatoms. The minimum atomic E-state index is -3.71. The van der Waals surface area contributed by atoms with Crippen molar-refractivity contribution in [2.45, 2.75) is 44.6 Å². The van der Waals surface area contributed by atoms with Crippen LogP contribution in [0.2, 0.25) is 0 Å². The third kappa shape index (κ3) is 4.10. The van der Waals surface area contributed by atoms with Gasteiger partial charge < -0.3 is 5.32 Å². The van der Waals surface area contributed by atoms with E-state index >= 15 is 0 Å². The van der Waals surface area contributed by atoms with Crippen molar-refractivity contribution in [1.82, 2.24) is 4.31 Å². The summed E-state index contributed by atoms with van der Waals surface area (Å²) in [5.41, 5.74) is 3.82. The highest BCUT2D eigenvalue weighted by atomic mass is 79.9.